The third-order valence-electron chi connectivity index (χ3n) is 3.02. The highest BCUT2D eigenvalue weighted by Crippen LogP contribution is 2.46. The van der Waals surface area contributed by atoms with Crippen LogP contribution in [0.1, 0.15) is 13.8 Å². The van der Waals surface area contributed by atoms with Crippen molar-refractivity contribution in [2.75, 3.05) is 18.5 Å². The van der Waals surface area contributed by atoms with Crippen LogP contribution >= 0.6 is 11.8 Å². The molecule has 0 saturated carbocycles. The van der Waals surface area contributed by atoms with Gasteiger partial charge in [0, 0.05) is 9.79 Å². The number of nitrogens with one attached hydrogen (secondary N) is 1. The maximum absolute atomic E-state index is 5.56. The zero-order valence-electron chi connectivity index (χ0n) is 11.6. The van der Waals surface area contributed by atoms with Gasteiger partial charge < -0.3 is 14.8 Å². The fourth-order valence-corrected chi connectivity index (χ4v) is 3.20. The van der Waals surface area contributed by atoms with E-state index in [1.54, 1.807) is 11.8 Å². The van der Waals surface area contributed by atoms with Gasteiger partial charge >= 0.3 is 0 Å². The first-order chi connectivity index (χ1) is 9.80. The fourth-order valence-electron chi connectivity index (χ4n) is 2.16. The van der Waals surface area contributed by atoms with Crippen molar-refractivity contribution in [1.29, 1.82) is 0 Å². The summed E-state index contributed by atoms with van der Waals surface area (Å²) in [4.78, 5) is 2.36. The van der Waals surface area contributed by atoms with Crippen LogP contribution in [0.15, 0.2) is 46.2 Å². The van der Waals surface area contributed by atoms with E-state index in [0.29, 0.717) is 13.2 Å². The molecule has 0 radical (unpaired) electrons. The molecular weight excluding hydrogens is 270 g/mol. The Kier molecular flexibility index (Phi) is 3.74. The van der Waals surface area contributed by atoms with Gasteiger partial charge in [-0.1, -0.05) is 11.8 Å². The molecule has 3 rings (SSSR count). The van der Waals surface area contributed by atoms with E-state index in [1.807, 2.05) is 26.0 Å². The van der Waals surface area contributed by atoms with Crippen molar-refractivity contribution in [1.82, 2.24) is 0 Å². The molecule has 0 atom stereocenters. The number of fused-ring (bicyclic) bond motifs is 2. The van der Waals surface area contributed by atoms with Crippen LogP contribution < -0.4 is 14.8 Å². The zero-order chi connectivity index (χ0) is 13.9. The van der Waals surface area contributed by atoms with Crippen molar-refractivity contribution in [2.45, 2.75) is 23.6 Å². The van der Waals surface area contributed by atoms with Gasteiger partial charge in [0.15, 0.2) is 0 Å². The predicted molar refractivity (Wildman–Crippen MR) is 82.6 cm³/mol. The van der Waals surface area contributed by atoms with Crippen LogP contribution in [-0.2, 0) is 0 Å². The maximum Gasteiger partial charge on any atom is 0.120 e. The van der Waals surface area contributed by atoms with Crippen molar-refractivity contribution >= 4 is 23.1 Å². The smallest absolute Gasteiger partial charge is 0.120 e. The molecule has 0 bridgehead atoms. The summed E-state index contributed by atoms with van der Waals surface area (Å²) in [5, 5.41) is 3.45. The molecule has 3 nitrogen and oxygen atoms in total. The number of anilines is 2. The van der Waals surface area contributed by atoms with Crippen molar-refractivity contribution in [3.63, 3.8) is 0 Å². The Hall–Kier alpha value is -1.81. The third kappa shape index (κ3) is 2.56. The summed E-state index contributed by atoms with van der Waals surface area (Å²) in [5.41, 5.74) is 2.24. The van der Waals surface area contributed by atoms with Gasteiger partial charge in [-0.25, -0.2) is 0 Å². The minimum atomic E-state index is 0.682. The molecule has 0 aromatic heterocycles. The van der Waals surface area contributed by atoms with E-state index in [9.17, 15) is 0 Å². The molecule has 0 aliphatic carbocycles. The molecule has 1 heterocycles. The first-order valence-electron chi connectivity index (χ1n) is 6.78. The molecule has 4 heteroatoms. The largest absolute Gasteiger partial charge is 0.494 e. The Labute approximate surface area is 123 Å². The monoisotopic (exact) mass is 287 g/mol. The maximum atomic E-state index is 5.56. The lowest BCUT2D eigenvalue weighted by Gasteiger charge is -2.22. The standard InChI is InChI=1S/C16H17NO2S/c1-3-18-11-5-7-13-15(9-11)20-16-10-12(19-4-2)6-8-14(16)17-13/h5-10,17H,3-4H2,1-2H3. The highest BCUT2D eigenvalue weighted by atomic mass is 32.2. The SMILES string of the molecule is CCOc1ccc2c(c1)Sc1cc(OCC)ccc1N2. The van der Waals surface area contributed by atoms with E-state index < -0.39 is 0 Å². The molecule has 0 amide bonds. The fraction of sp³-hybridized carbons (Fsp3) is 0.250. The van der Waals surface area contributed by atoms with Crippen LogP contribution in [0.2, 0.25) is 0 Å². The van der Waals surface area contributed by atoms with E-state index in [4.69, 9.17) is 9.47 Å². The van der Waals surface area contributed by atoms with E-state index in [1.165, 1.54) is 9.79 Å². The molecule has 2 aromatic carbocycles. The first kappa shape index (κ1) is 13.2. The minimum Gasteiger partial charge on any atom is -0.494 e. The van der Waals surface area contributed by atoms with Gasteiger partial charge in [0.1, 0.15) is 11.5 Å². The average molecular weight is 287 g/mol. The van der Waals surface area contributed by atoms with E-state index in [0.717, 1.165) is 22.9 Å². The van der Waals surface area contributed by atoms with Crippen molar-refractivity contribution < 1.29 is 9.47 Å². The van der Waals surface area contributed by atoms with Gasteiger partial charge in [-0.3, -0.25) is 0 Å². The summed E-state index contributed by atoms with van der Waals surface area (Å²) in [5.74, 6) is 1.81. The van der Waals surface area contributed by atoms with Gasteiger partial charge in [0.25, 0.3) is 0 Å². The van der Waals surface area contributed by atoms with Crippen molar-refractivity contribution in [3.05, 3.63) is 36.4 Å². The molecule has 2 aromatic rings. The first-order valence-corrected chi connectivity index (χ1v) is 7.60. The van der Waals surface area contributed by atoms with Crippen LogP contribution in [0.4, 0.5) is 11.4 Å². The van der Waals surface area contributed by atoms with Crippen molar-refractivity contribution in [2.24, 2.45) is 0 Å². The van der Waals surface area contributed by atoms with Gasteiger partial charge in [-0.2, -0.15) is 0 Å². The van der Waals surface area contributed by atoms with Gasteiger partial charge in [0.05, 0.1) is 24.6 Å². The van der Waals surface area contributed by atoms with E-state index in [-0.39, 0.29) is 0 Å². The van der Waals surface area contributed by atoms with Crippen LogP contribution in [0, 0.1) is 0 Å². The minimum absolute atomic E-state index is 0.682. The zero-order valence-corrected chi connectivity index (χ0v) is 12.4. The van der Waals surface area contributed by atoms with Crippen LogP contribution in [0.3, 0.4) is 0 Å². The highest BCUT2D eigenvalue weighted by molar-refractivity contribution is 7.99. The summed E-state index contributed by atoms with van der Waals surface area (Å²) < 4.78 is 11.1. The molecule has 1 aliphatic rings. The molecule has 104 valence electrons. The lowest BCUT2D eigenvalue weighted by molar-refractivity contribution is 0.339. The van der Waals surface area contributed by atoms with Crippen LogP contribution in [0.5, 0.6) is 11.5 Å². The molecular formula is C16H17NO2S. The Morgan fingerprint density at radius 3 is 1.80 bits per heavy atom. The topological polar surface area (TPSA) is 30.5 Å². The average Bonchev–Trinajstić information content (AvgIpc) is 2.46. The molecule has 0 fully saturated rings. The second-order valence-corrected chi connectivity index (χ2v) is 5.49. The summed E-state index contributed by atoms with van der Waals surface area (Å²) in [6.07, 6.45) is 0. The quantitative estimate of drug-likeness (QED) is 0.754. The summed E-state index contributed by atoms with van der Waals surface area (Å²) in [6, 6.07) is 12.3. The van der Waals surface area contributed by atoms with Crippen LogP contribution in [0.25, 0.3) is 0 Å². The second kappa shape index (κ2) is 5.67. The van der Waals surface area contributed by atoms with Crippen molar-refractivity contribution in [3.8, 4) is 11.5 Å². The number of hydrogen-bond donors (Lipinski definition) is 1. The molecule has 1 aliphatic heterocycles. The Balaban J connectivity index is 1.90. The number of benzene rings is 2. The van der Waals surface area contributed by atoms with E-state index in [2.05, 4.69) is 29.6 Å². The molecule has 0 saturated heterocycles. The Morgan fingerprint density at radius 1 is 0.850 bits per heavy atom. The Bertz CT molecular complexity index is 574. The highest BCUT2D eigenvalue weighted by Gasteiger charge is 2.17. The molecule has 0 unspecified atom stereocenters. The number of ether oxygens (including phenoxy) is 2. The summed E-state index contributed by atoms with van der Waals surface area (Å²) >= 11 is 1.74. The Morgan fingerprint density at radius 2 is 1.35 bits per heavy atom. The number of hydrogen-bond acceptors (Lipinski definition) is 4. The normalized spacial score (nSPS) is 12.1. The molecule has 0 spiro atoms. The predicted octanol–water partition coefficient (Wildman–Crippen LogP) is 4.69. The molecule has 1 N–H and O–H groups in total. The molecule has 20 heavy (non-hydrogen) atoms. The lowest BCUT2D eigenvalue weighted by atomic mass is 10.2. The van der Waals surface area contributed by atoms with Gasteiger partial charge in [-0.05, 0) is 50.2 Å². The lowest BCUT2D eigenvalue weighted by Crippen LogP contribution is -2.01. The van der Waals surface area contributed by atoms with Gasteiger partial charge in [0.2, 0.25) is 0 Å². The second-order valence-electron chi connectivity index (χ2n) is 4.41. The number of rotatable bonds is 4. The van der Waals surface area contributed by atoms with Crippen LogP contribution in [-0.4, -0.2) is 13.2 Å². The van der Waals surface area contributed by atoms with E-state index >= 15 is 0 Å². The summed E-state index contributed by atoms with van der Waals surface area (Å²) in [7, 11) is 0. The van der Waals surface area contributed by atoms with Gasteiger partial charge in [-0.15, -0.1) is 0 Å². The third-order valence-corrected chi connectivity index (χ3v) is 4.13. The summed E-state index contributed by atoms with van der Waals surface area (Å²) in [6.45, 7) is 5.35.